The normalized spacial score (nSPS) is 12.3. The Kier molecular flexibility index (Phi) is 15.1. The molecule has 1 unspecified atom stereocenters. The molecule has 7 nitrogen and oxygen atoms in total. The molecule has 0 aromatic carbocycles. The summed E-state index contributed by atoms with van der Waals surface area (Å²) in [6.45, 7) is 8.14. The van der Waals surface area contributed by atoms with Crippen molar-refractivity contribution in [3.05, 3.63) is 0 Å². The van der Waals surface area contributed by atoms with Gasteiger partial charge in [0.2, 0.25) is 0 Å². The molecule has 0 fully saturated rings. The van der Waals surface area contributed by atoms with Crippen LogP contribution in [0.4, 0.5) is 0 Å². The van der Waals surface area contributed by atoms with Crippen LogP contribution in [0.3, 0.4) is 0 Å². The van der Waals surface area contributed by atoms with Gasteiger partial charge >= 0.3 is 5.97 Å². The van der Waals surface area contributed by atoms with E-state index in [1.165, 1.54) is 0 Å². The van der Waals surface area contributed by atoms with Gasteiger partial charge in [0, 0.05) is 7.11 Å². The quantitative estimate of drug-likeness (QED) is 0.343. The SMILES string of the molecule is CCNC(COCCOCCOCCOC)C(=O)OCC. The van der Waals surface area contributed by atoms with Crippen molar-refractivity contribution < 1.29 is 28.5 Å². The van der Waals surface area contributed by atoms with Gasteiger partial charge in [-0.15, -0.1) is 0 Å². The first-order valence-electron chi connectivity index (χ1n) is 7.38. The molecule has 0 aromatic rings. The summed E-state index contributed by atoms with van der Waals surface area (Å²) in [6.07, 6.45) is 0. The van der Waals surface area contributed by atoms with E-state index in [9.17, 15) is 4.79 Å². The molecule has 0 amide bonds. The largest absolute Gasteiger partial charge is 0.465 e. The molecule has 0 aliphatic carbocycles. The maximum atomic E-state index is 11.6. The van der Waals surface area contributed by atoms with Crippen molar-refractivity contribution in [2.24, 2.45) is 0 Å². The zero-order valence-corrected chi connectivity index (χ0v) is 13.4. The van der Waals surface area contributed by atoms with E-state index in [1.54, 1.807) is 14.0 Å². The summed E-state index contributed by atoms with van der Waals surface area (Å²) in [6, 6.07) is -0.424. The van der Waals surface area contributed by atoms with E-state index in [2.05, 4.69) is 5.32 Å². The van der Waals surface area contributed by atoms with Gasteiger partial charge in [0.05, 0.1) is 52.9 Å². The van der Waals surface area contributed by atoms with Crippen LogP contribution >= 0.6 is 0 Å². The van der Waals surface area contributed by atoms with Crippen LogP contribution in [0, 0.1) is 0 Å². The molecule has 126 valence electrons. The second-order valence-electron chi connectivity index (χ2n) is 4.15. The second kappa shape index (κ2) is 15.7. The van der Waals surface area contributed by atoms with Crippen LogP contribution in [0.5, 0.6) is 0 Å². The molecule has 1 atom stereocenters. The average Bonchev–Trinajstić information content (AvgIpc) is 2.48. The lowest BCUT2D eigenvalue weighted by atomic mass is 10.3. The van der Waals surface area contributed by atoms with Gasteiger partial charge in [-0.25, -0.2) is 0 Å². The van der Waals surface area contributed by atoms with Crippen molar-refractivity contribution >= 4 is 5.97 Å². The summed E-state index contributed by atoms with van der Waals surface area (Å²) >= 11 is 0. The summed E-state index contributed by atoms with van der Waals surface area (Å²) in [7, 11) is 1.63. The molecule has 0 spiro atoms. The number of nitrogens with one attached hydrogen (secondary N) is 1. The first kappa shape index (κ1) is 20.3. The Morgan fingerprint density at radius 2 is 1.52 bits per heavy atom. The number of likely N-dealkylation sites (N-methyl/N-ethyl adjacent to an activating group) is 1. The third-order valence-corrected chi connectivity index (χ3v) is 2.48. The second-order valence-corrected chi connectivity index (χ2v) is 4.15. The molecule has 0 radical (unpaired) electrons. The lowest BCUT2D eigenvalue weighted by Crippen LogP contribution is -2.42. The van der Waals surface area contributed by atoms with Crippen molar-refractivity contribution in [2.75, 3.05) is 66.5 Å². The molecule has 1 N–H and O–H groups in total. The van der Waals surface area contributed by atoms with Gasteiger partial charge < -0.3 is 29.0 Å². The number of hydrogen-bond donors (Lipinski definition) is 1. The number of ether oxygens (including phenoxy) is 5. The third kappa shape index (κ3) is 12.7. The lowest BCUT2D eigenvalue weighted by Gasteiger charge is -2.16. The van der Waals surface area contributed by atoms with Gasteiger partial charge in [-0.2, -0.15) is 0 Å². The predicted molar refractivity (Wildman–Crippen MR) is 78.4 cm³/mol. The first-order chi connectivity index (χ1) is 10.3. The minimum absolute atomic E-state index is 0.278. The Labute approximate surface area is 127 Å². The Balaban J connectivity index is 3.47. The Hall–Kier alpha value is -0.730. The van der Waals surface area contributed by atoms with Crippen LogP contribution in [0.15, 0.2) is 0 Å². The molecular formula is C14H29NO6. The summed E-state index contributed by atoms with van der Waals surface area (Å²) in [4.78, 5) is 11.6. The van der Waals surface area contributed by atoms with E-state index >= 15 is 0 Å². The topological polar surface area (TPSA) is 75.3 Å². The Bertz CT molecular complexity index is 240. The monoisotopic (exact) mass is 307 g/mol. The first-order valence-corrected chi connectivity index (χ1v) is 7.38. The van der Waals surface area contributed by atoms with Crippen LogP contribution in [-0.2, 0) is 28.5 Å². The summed E-state index contributed by atoms with van der Waals surface area (Å²) < 4.78 is 25.8. The van der Waals surface area contributed by atoms with Gasteiger partial charge in [-0.05, 0) is 13.5 Å². The Morgan fingerprint density at radius 1 is 0.952 bits per heavy atom. The standard InChI is InChI=1S/C14H29NO6/c1-4-15-13(14(16)21-5-2)12-20-11-10-19-9-8-18-7-6-17-3/h13,15H,4-12H2,1-3H3. The third-order valence-electron chi connectivity index (χ3n) is 2.48. The number of hydrogen-bond acceptors (Lipinski definition) is 7. The van der Waals surface area contributed by atoms with Crippen LogP contribution in [-0.4, -0.2) is 78.5 Å². The van der Waals surface area contributed by atoms with Crippen LogP contribution in [0.2, 0.25) is 0 Å². The van der Waals surface area contributed by atoms with Crippen molar-refractivity contribution in [3.63, 3.8) is 0 Å². The number of carbonyl (C=O) groups excluding carboxylic acids is 1. The molecule has 0 saturated carbocycles. The highest BCUT2D eigenvalue weighted by atomic mass is 16.6. The number of rotatable bonds is 15. The van der Waals surface area contributed by atoms with Gasteiger partial charge in [-0.3, -0.25) is 4.79 Å². The molecule has 0 bridgehead atoms. The minimum Gasteiger partial charge on any atom is -0.465 e. The van der Waals surface area contributed by atoms with Crippen molar-refractivity contribution in [1.29, 1.82) is 0 Å². The van der Waals surface area contributed by atoms with E-state index in [4.69, 9.17) is 23.7 Å². The zero-order chi connectivity index (χ0) is 15.8. The summed E-state index contributed by atoms with van der Waals surface area (Å²) in [5.74, 6) is -0.285. The lowest BCUT2D eigenvalue weighted by molar-refractivity contribution is -0.147. The van der Waals surface area contributed by atoms with Crippen molar-refractivity contribution in [3.8, 4) is 0 Å². The smallest absolute Gasteiger partial charge is 0.325 e. The van der Waals surface area contributed by atoms with Crippen LogP contribution < -0.4 is 5.32 Å². The predicted octanol–water partition coefficient (Wildman–Crippen LogP) is 0.224. The fourth-order valence-corrected chi connectivity index (χ4v) is 1.48. The van der Waals surface area contributed by atoms with Gasteiger partial charge in [-0.1, -0.05) is 6.92 Å². The van der Waals surface area contributed by atoms with Crippen molar-refractivity contribution in [2.45, 2.75) is 19.9 Å². The van der Waals surface area contributed by atoms with Gasteiger partial charge in [0.25, 0.3) is 0 Å². The van der Waals surface area contributed by atoms with Gasteiger partial charge in [0.1, 0.15) is 6.04 Å². The van der Waals surface area contributed by atoms with Crippen LogP contribution in [0.1, 0.15) is 13.8 Å². The maximum absolute atomic E-state index is 11.6. The molecule has 0 saturated heterocycles. The van der Waals surface area contributed by atoms with E-state index in [0.717, 1.165) is 0 Å². The maximum Gasteiger partial charge on any atom is 0.325 e. The van der Waals surface area contributed by atoms with E-state index in [1.807, 2.05) is 6.92 Å². The summed E-state index contributed by atoms with van der Waals surface area (Å²) in [5, 5.41) is 3.03. The number of esters is 1. The molecule has 0 rings (SSSR count). The Morgan fingerprint density at radius 3 is 2.05 bits per heavy atom. The average molecular weight is 307 g/mol. The highest BCUT2D eigenvalue weighted by Crippen LogP contribution is 1.92. The minimum atomic E-state index is -0.424. The summed E-state index contributed by atoms with van der Waals surface area (Å²) in [5.41, 5.74) is 0. The fraction of sp³-hybridized carbons (Fsp3) is 0.929. The molecule has 0 aliphatic heterocycles. The number of methoxy groups -OCH3 is 1. The molecular weight excluding hydrogens is 278 g/mol. The highest BCUT2D eigenvalue weighted by Gasteiger charge is 2.18. The molecule has 0 aliphatic rings. The molecule has 21 heavy (non-hydrogen) atoms. The van der Waals surface area contributed by atoms with E-state index in [0.29, 0.717) is 52.8 Å². The number of carbonyl (C=O) groups is 1. The molecule has 7 heteroatoms. The van der Waals surface area contributed by atoms with E-state index in [-0.39, 0.29) is 12.6 Å². The van der Waals surface area contributed by atoms with Gasteiger partial charge in [0.15, 0.2) is 0 Å². The van der Waals surface area contributed by atoms with Crippen LogP contribution in [0.25, 0.3) is 0 Å². The molecule has 0 aromatic heterocycles. The fourth-order valence-electron chi connectivity index (χ4n) is 1.48. The zero-order valence-electron chi connectivity index (χ0n) is 13.4. The van der Waals surface area contributed by atoms with Crippen molar-refractivity contribution in [1.82, 2.24) is 5.32 Å². The molecule has 0 heterocycles. The highest BCUT2D eigenvalue weighted by molar-refractivity contribution is 5.75. The van der Waals surface area contributed by atoms with E-state index < -0.39 is 6.04 Å².